The molecule has 0 aliphatic carbocycles. The van der Waals surface area contributed by atoms with Crippen LogP contribution in [0.15, 0.2) is 48.4 Å². The molecule has 0 saturated heterocycles. The number of allylic oxidation sites excluding steroid dienone is 2. The van der Waals surface area contributed by atoms with Crippen LogP contribution in [0.5, 0.6) is 5.75 Å². The standard InChI is InChI=1S/C13H18N2O2.C2H6/c1-4-5-13(10-14-2)17-12-8-6-11(7-9-12)15(3)16;1-2/h4-10,14,16H,1-3H3;1-2H3/p+1/b5-4-,13-10+;. The lowest BCUT2D eigenvalue weighted by atomic mass is 10.3. The van der Waals surface area contributed by atoms with E-state index in [2.05, 4.69) is 5.32 Å². The molecule has 0 saturated carbocycles. The van der Waals surface area contributed by atoms with Crippen molar-refractivity contribution in [1.29, 1.82) is 0 Å². The van der Waals surface area contributed by atoms with E-state index in [-0.39, 0.29) is 0 Å². The zero-order chi connectivity index (χ0) is 14.7. The number of quaternary nitrogens is 1. The minimum absolute atomic E-state index is 0.302. The summed E-state index contributed by atoms with van der Waals surface area (Å²) < 4.78 is 5.65. The molecule has 1 rings (SSSR count). The zero-order valence-corrected chi connectivity index (χ0v) is 12.4. The first-order valence-corrected chi connectivity index (χ1v) is 6.48. The lowest BCUT2D eigenvalue weighted by Gasteiger charge is -2.08. The van der Waals surface area contributed by atoms with Crippen LogP contribution in [-0.4, -0.2) is 19.3 Å². The zero-order valence-electron chi connectivity index (χ0n) is 12.4. The molecule has 0 spiro atoms. The summed E-state index contributed by atoms with van der Waals surface area (Å²) in [5.74, 6) is 1.46. The maximum Gasteiger partial charge on any atom is 0.163 e. The molecule has 0 amide bonds. The Morgan fingerprint density at radius 2 is 1.84 bits per heavy atom. The first-order chi connectivity index (χ1) is 9.17. The summed E-state index contributed by atoms with van der Waals surface area (Å²) in [4.78, 5) is 0. The largest absolute Gasteiger partial charge is 0.456 e. The molecule has 4 nitrogen and oxygen atoms in total. The first-order valence-electron chi connectivity index (χ1n) is 6.48. The molecule has 4 heteroatoms. The van der Waals surface area contributed by atoms with Crippen LogP contribution in [0.4, 0.5) is 5.69 Å². The molecule has 0 heterocycles. The molecular weight excluding hydrogens is 240 g/mol. The van der Waals surface area contributed by atoms with Crippen LogP contribution in [0.25, 0.3) is 0 Å². The summed E-state index contributed by atoms with van der Waals surface area (Å²) in [5.41, 5.74) is 0.794. The Balaban J connectivity index is 0.00000154. The van der Waals surface area contributed by atoms with Crippen molar-refractivity contribution >= 4 is 5.69 Å². The predicted molar refractivity (Wildman–Crippen MR) is 78.7 cm³/mol. The fraction of sp³-hybridized carbons (Fsp3) is 0.333. The minimum Gasteiger partial charge on any atom is -0.456 e. The van der Waals surface area contributed by atoms with Crippen LogP contribution < -0.4 is 15.1 Å². The van der Waals surface area contributed by atoms with Crippen LogP contribution in [0.2, 0.25) is 0 Å². The maximum atomic E-state index is 9.31. The highest BCUT2D eigenvalue weighted by atomic mass is 16.5. The van der Waals surface area contributed by atoms with Gasteiger partial charge in [0, 0.05) is 25.4 Å². The van der Waals surface area contributed by atoms with E-state index in [9.17, 15) is 5.21 Å². The van der Waals surface area contributed by atoms with Gasteiger partial charge < -0.3 is 10.1 Å². The highest BCUT2D eigenvalue weighted by Gasteiger charge is 2.03. The normalized spacial score (nSPS) is 12.6. The molecular formula is C15H25N2O2+. The molecule has 1 aromatic carbocycles. The van der Waals surface area contributed by atoms with Gasteiger partial charge in [-0.05, 0) is 25.1 Å². The van der Waals surface area contributed by atoms with E-state index in [0.29, 0.717) is 5.06 Å². The number of rotatable bonds is 5. The quantitative estimate of drug-likeness (QED) is 0.435. The van der Waals surface area contributed by atoms with Crippen molar-refractivity contribution < 1.29 is 15.0 Å². The first kappa shape index (κ1) is 17.2. The number of hydroxylamine groups is 1. The van der Waals surface area contributed by atoms with E-state index in [1.165, 1.54) is 0 Å². The van der Waals surface area contributed by atoms with Crippen LogP contribution in [-0.2, 0) is 0 Å². The van der Waals surface area contributed by atoms with Crippen molar-refractivity contribution in [2.24, 2.45) is 0 Å². The second-order valence-electron chi connectivity index (χ2n) is 3.55. The molecule has 1 aromatic rings. The summed E-state index contributed by atoms with van der Waals surface area (Å²) in [7, 11) is 3.47. The topological polar surface area (TPSA) is 45.9 Å². The lowest BCUT2D eigenvalue weighted by Crippen LogP contribution is -3.01. The van der Waals surface area contributed by atoms with Crippen LogP contribution >= 0.6 is 0 Å². The Bertz CT molecular complexity index is 395. The van der Waals surface area contributed by atoms with E-state index in [4.69, 9.17) is 4.74 Å². The van der Waals surface area contributed by atoms with Gasteiger partial charge >= 0.3 is 0 Å². The van der Waals surface area contributed by atoms with Crippen LogP contribution in [0, 0.1) is 0 Å². The number of hydrogen-bond acceptors (Lipinski definition) is 3. The molecule has 0 aromatic heterocycles. The summed E-state index contributed by atoms with van der Waals surface area (Å²) in [6.07, 6.45) is 5.55. The second-order valence-corrected chi connectivity index (χ2v) is 3.55. The minimum atomic E-state index is 0.302. The van der Waals surface area contributed by atoms with Crippen LogP contribution in [0.3, 0.4) is 0 Å². The van der Waals surface area contributed by atoms with Crippen molar-refractivity contribution in [2.75, 3.05) is 14.1 Å². The van der Waals surface area contributed by atoms with Gasteiger partial charge in [0.2, 0.25) is 0 Å². The molecule has 0 aliphatic rings. The smallest absolute Gasteiger partial charge is 0.163 e. The van der Waals surface area contributed by atoms with Gasteiger partial charge in [-0.3, -0.25) is 0 Å². The van der Waals surface area contributed by atoms with E-state index in [1.54, 1.807) is 13.2 Å². The van der Waals surface area contributed by atoms with E-state index >= 15 is 0 Å². The Morgan fingerprint density at radius 3 is 2.26 bits per heavy atom. The van der Waals surface area contributed by atoms with Crippen molar-refractivity contribution in [3.8, 4) is 5.75 Å². The van der Waals surface area contributed by atoms with Gasteiger partial charge in [0.15, 0.2) is 5.69 Å². The molecule has 0 radical (unpaired) electrons. The highest BCUT2D eigenvalue weighted by Crippen LogP contribution is 2.16. The summed E-state index contributed by atoms with van der Waals surface area (Å²) in [5, 5.41) is 12.5. The van der Waals surface area contributed by atoms with Crippen LogP contribution in [0.1, 0.15) is 20.8 Å². The predicted octanol–water partition coefficient (Wildman–Crippen LogP) is 2.26. The Hall–Kier alpha value is -1.78. The van der Waals surface area contributed by atoms with Crippen molar-refractivity contribution in [1.82, 2.24) is 5.32 Å². The van der Waals surface area contributed by atoms with Crippen molar-refractivity contribution in [2.45, 2.75) is 20.8 Å². The fourth-order valence-electron chi connectivity index (χ4n) is 1.32. The molecule has 1 atom stereocenters. The van der Waals surface area contributed by atoms with E-state index in [1.807, 2.05) is 64.2 Å². The number of hydrogen-bond donors (Lipinski definition) is 3. The van der Waals surface area contributed by atoms with E-state index < -0.39 is 0 Å². The van der Waals surface area contributed by atoms with Gasteiger partial charge in [-0.15, -0.1) is 0 Å². The molecule has 3 N–H and O–H groups in total. The fourth-order valence-corrected chi connectivity index (χ4v) is 1.32. The molecule has 19 heavy (non-hydrogen) atoms. The number of ether oxygens (including phenoxy) is 1. The van der Waals surface area contributed by atoms with Gasteiger partial charge in [-0.2, -0.15) is 5.06 Å². The van der Waals surface area contributed by atoms with E-state index in [0.717, 1.165) is 17.2 Å². The number of nitrogens with one attached hydrogen (secondary N) is 2. The number of benzene rings is 1. The third-order valence-corrected chi connectivity index (χ3v) is 2.13. The van der Waals surface area contributed by atoms with Gasteiger partial charge in [-0.1, -0.05) is 19.9 Å². The summed E-state index contributed by atoms with van der Waals surface area (Å²) in [6.45, 7) is 5.93. The maximum absolute atomic E-state index is 9.31. The van der Waals surface area contributed by atoms with Gasteiger partial charge in [0.25, 0.3) is 0 Å². The average Bonchev–Trinajstić information content (AvgIpc) is 2.42. The van der Waals surface area contributed by atoms with Gasteiger partial charge in [-0.25, -0.2) is 5.21 Å². The molecule has 0 bridgehead atoms. The third kappa shape index (κ3) is 6.64. The highest BCUT2D eigenvalue weighted by molar-refractivity contribution is 5.36. The molecule has 0 fully saturated rings. The average molecular weight is 265 g/mol. The molecule has 1 unspecified atom stereocenters. The molecule has 106 valence electrons. The van der Waals surface area contributed by atoms with Crippen molar-refractivity contribution in [3.05, 3.63) is 48.4 Å². The van der Waals surface area contributed by atoms with Crippen molar-refractivity contribution in [3.63, 3.8) is 0 Å². The molecule has 0 aliphatic heterocycles. The lowest BCUT2D eigenvalue weighted by molar-refractivity contribution is -1.02. The SMILES string of the molecule is C/C=C\C(=C/NC)Oc1ccc([NH+](C)O)cc1.CC. The monoisotopic (exact) mass is 265 g/mol. The van der Waals surface area contributed by atoms with Gasteiger partial charge in [0.05, 0.1) is 0 Å². The Kier molecular flexibility index (Phi) is 9.22. The summed E-state index contributed by atoms with van der Waals surface area (Å²) >= 11 is 0. The summed E-state index contributed by atoms with van der Waals surface area (Å²) in [6, 6.07) is 7.28. The second kappa shape index (κ2) is 10.2. The Morgan fingerprint density at radius 1 is 1.26 bits per heavy atom. The van der Waals surface area contributed by atoms with Gasteiger partial charge in [0.1, 0.15) is 18.6 Å². The third-order valence-electron chi connectivity index (χ3n) is 2.13. The Labute approximate surface area is 116 Å².